The number of hydrogen-bond donors (Lipinski definition) is 0. The van der Waals surface area contributed by atoms with Gasteiger partial charge in [-0.05, 0) is 0 Å². The molecule has 3 aromatic carbocycles. The minimum absolute atomic E-state index is 0.00614. The first-order chi connectivity index (χ1) is 34.0. The van der Waals surface area contributed by atoms with E-state index in [4.69, 9.17) is 52.0 Å². The summed E-state index contributed by atoms with van der Waals surface area (Å²) >= 11 is 0. The van der Waals surface area contributed by atoms with E-state index in [-0.39, 0.29) is 23.4 Å². The topological polar surface area (TPSA) is 248 Å². The van der Waals surface area contributed by atoms with E-state index in [1.807, 2.05) is 6.92 Å². The van der Waals surface area contributed by atoms with Gasteiger partial charge in [0.2, 0.25) is 0 Å². The first kappa shape index (κ1) is 55.7. The van der Waals surface area contributed by atoms with Crippen molar-refractivity contribution in [2.75, 3.05) is 19.8 Å². The molecule has 2 aliphatic heterocycles. The van der Waals surface area contributed by atoms with Gasteiger partial charge in [-0.15, -0.1) is 0 Å². The third-order valence-corrected chi connectivity index (χ3v) is 10.4. The molecule has 2 fully saturated rings. The van der Waals surface area contributed by atoms with Crippen molar-refractivity contribution in [3.63, 3.8) is 0 Å². The molecular formula is C45H50B2F3N4O16P. The first-order valence-electron chi connectivity index (χ1n) is 22.0. The van der Waals surface area contributed by atoms with Crippen LogP contribution in [0.15, 0.2) is 101 Å². The molecule has 0 aliphatic carbocycles. The number of hydrogen-bond acceptors (Lipinski definition) is 18. The number of carbonyl (C=O) groups excluding carboxylic acids is 5. The maximum absolute atomic E-state index is 15.3. The van der Waals surface area contributed by atoms with Crippen molar-refractivity contribution in [1.29, 1.82) is 0 Å². The molecule has 0 bridgehead atoms. The Labute approximate surface area is 409 Å². The molecule has 0 aromatic heterocycles. The fourth-order valence-corrected chi connectivity index (χ4v) is 7.31. The summed E-state index contributed by atoms with van der Waals surface area (Å²) in [5.41, 5.74) is 9.76. The van der Waals surface area contributed by atoms with Gasteiger partial charge in [-0.2, -0.15) is 0 Å². The van der Waals surface area contributed by atoms with Crippen molar-refractivity contribution in [1.82, 2.24) is 0 Å². The molecule has 2 saturated heterocycles. The number of unbranched alkanes of at least 4 members (excludes halogenated alkanes) is 1. The van der Waals surface area contributed by atoms with Crippen molar-refractivity contribution in [2.24, 2.45) is 10.1 Å². The number of alkyl halides is 3. The molecule has 3 aromatic rings. The van der Waals surface area contributed by atoms with Crippen LogP contribution in [0.1, 0.15) is 61.3 Å². The van der Waals surface area contributed by atoms with E-state index in [0.717, 1.165) is 27.8 Å². The zero-order valence-electron chi connectivity index (χ0n) is 38.7. The van der Waals surface area contributed by atoms with Gasteiger partial charge in [0.15, 0.2) is 0 Å². The van der Waals surface area contributed by atoms with E-state index >= 15 is 13.2 Å². The zero-order valence-corrected chi connectivity index (χ0v) is 39.9. The van der Waals surface area contributed by atoms with Crippen LogP contribution >= 0.6 is 9.12 Å². The molecule has 0 amide bonds. The predicted molar refractivity (Wildman–Crippen MR) is 247 cm³/mol. The Bertz CT molecular complexity index is 2360. The van der Waals surface area contributed by atoms with E-state index in [0.29, 0.717) is 12.8 Å². The molecule has 0 saturated carbocycles. The summed E-state index contributed by atoms with van der Waals surface area (Å²) in [4.78, 5) is 71.4. The molecule has 2 aliphatic rings. The van der Waals surface area contributed by atoms with Crippen molar-refractivity contribution in [3.05, 3.63) is 113 Å². The van der Waals surface area contributed by atoms with Crippen LogP contribution in [-0.2, 0) is 66.4 Å². The van der Waals surface area contributed by atoms with Gasteiger partial charge in [0.05, 0.1) is 0 Å². The zero-order chi connectivity index (χ0) is 51.5. The van der Waals surface area contributed by atoms with Crippen LogP contribution in [0.3, 0.4) is 0 Å². The number of azide groups is 1. The molecule has 378 valence electrons. The summed E-state index contributed by atoms with van der Waals surface area (Å²) in [7, 11) is 3.39. The van der Waals surface area contributed by atoms with Gasteiger partial charge in [0, 0.05) is 0 Å². The van der Waals surface area contributed by atoms with E-state index in [2.05, 4.69) is 24.1 Å². The van der Waals surface area contributed by atoms with E-state index < -0.39 is 123 Å². The summed E-state index contributed by atoms with van der Waals surface area (Å²) in [6, 6.07) is 20.3. The summed E-state index contributed by atoms with van der Waals surface area (Å²) < 4.78 is 111. The molecule has 12 atom stereocenters. The Morgan fingerprint density at radius 2 is 1.35 bits per heavy atom. The number of carbonyl (C=O) groups is 5. The summed E-state index contributed by atoms with van der Waals surface area (Å²) in [6.07, 6.45) is -22.8. The quantitative estimate of drug-likeness (QED) is 0.0115. The second kappa shape index (κ2) is 27.4. The summed E-state index contributed by atoms with van der Waals surface area (Å²) in [5, 5.41) is 3.73. The van der Waals surface area contributed by atoms with E-state index in [9.17, 15) is 29.5 Å². The van der Waals surface area contributed by atoms with Crippen LogP contribution in [0.2, 0.25) is 0 Å². The van der Waals surface area contributed by atoms with Crippen molar-refractivity contribution >= 4 is 64.1 Å². The molecule has 5 rings (SSSR count). The van der Waals surface area contributed by atoms with Crippen LogP contribution in [0, 0.1) is 0 Å². The van der Waals surface area contributed by atoms with Crippen LogP contribution in [-0.4, -0.2) is 143 Å². The van der Waals surface area contributed by atoms with Crippen LogP contribution in [0.4, 0.5) is 18.9 Å². The second-order valence-electron chi connectivity index (χ2n) is 15.5. The van der Waals surface area contributed by atoms with Crippen molar-refractivity contribution in [3.8, 4) is 0 Å². The molecule has 20 nitrogen and oxygen atoms in total. The van der Waals surface area contributed by atoms with E-state index in [1.165, 1.54) is 67.2 Å². The number of halogens is 3. The molecule has 0 radical (unpaired) electrons. The standard InChI is InChI=1S/C45H50B2F3N4O16P/c1-5-6-22-60-31(23-62-40(58)28-16-10-7-11-17-28)34-38(70-46-47-71)37(66-41(59)29-18-12-8-13-19-29)39(43(67-34)69-44(45(48,49)50)52-30-20-14-9-15-21-30)68-42-33(53-54-51)36(64-27(4)57)35(63-26(3)56)32(65-42)24-61-25(2)55/h7-21,31-39,42-43H,5-6,22-24,71H2,1-4H3/t31-,32?,33?,34?,35+,36?,37?,38+,39+,42+,43?/m0/s1. The Morgan fingerprint density at radius 1 is 0.746 bits per heavy atom. The summed E-state index contributed by atoms with van der Waals surface area (Å²) in [5.74, 6) is -6.55. The minimum atomic E-state index is -5.37. The molecule has 2 heterocycles. The fraction of sp³-hybridized carbons (Fsp3) is 0.467. The number of esters is 5. The molecule has 26 heteroatoms. The van der Waals surface area contributed by atoms with Gasteiger partial charge in [-0.1, -0.05) is 0 Å². The SMILES string of the molecule is CCCCO[C@@H](COC(=O)c1ccccc1)C1OC(OC(=Nc2ccccc2)C(F)(F)F)[C@H](O[C@H]2OC(COC(C)=O)[C@@H](OC(C)=O)C(OC(C)=O)C2N=[N+]=[N-])C(OC(=O)c2ccccc2)[C@@H]1OB=BP. The van der Waals surface area contributed by atoms with Gasteiger partial charge < -0.3 is 0 Å². The molecule has 0 N–H and O–H groups in total. The predicted octanol–water partition coefficient (Wildman–Crippen LogP) is 5.92. The van der Waals surface area contributed by atoms with Gasteiger partial charge >= 0.3 is 410 Å². The molecule has 0 spiro atoms. The Kier molecular flexibility index (Phi) is 21.5. The van der Waals surface area contributed by atoms with Crippen molar-refractivity contribution < 1.29 is 89.2 Å². The Morgan fingerprint density at radius 3 is 1.92 bits per heavy atom. The number of nitrogens with zero attached hydrogens (tertiary/aromatic N) is 4. The average molecular weight is 1010 g/mol. The Hall–Kier alpha value is -6.22. The maximum atomic E-state index is 15.3. The fourth-order valence-electron chi connectivity index (χ4n) is 7.22. The number of rotatable bonds is 21. The first-order valence-corrected chi connectivity index (χ1v) is 22.7. The monoisotopic (exact) mass is 1010 g/mol. The molecule has 7 unspecified atom stereocenters. The van der Waals surface area contributed by atoms with Gasteiger partial charge in [-0.25, -0.2) is 0 Å². The number of ether oxygens (including phenoxy) is 10. The molecular weight excluding hydrogens is 962 g/mol. The van der Waals surface area contributed by atoms with Gasteiger partial charge in [0.25, 0.3) is 0 Å². The van der Waals surface area contributed by atoms with Crippen LogP contribution in [0.25, 0.3) is 10.4 Å². The Balaban J connectivity index is 1.75. The number of aliphatic imine (C=N–C) groups is 1. The van der Waals surface area contributed by atoms with Crippen LogP contribution in [0.5, 0.6) is 0 Å². The third kappa shape index (κ3) is 16.4. The van der Waals surface area contributed by atoms with Gasteiger partial charge in [-0.3, -0.25) is 0 Å². The van der Waals surface area contributed by atoms with Gasteiger partial charge in [0.1, 0.15) is 0 Å². The molecule has 71 heavy (non-hydrogen) atoms. The second-order valence-corrected chi connectivity index (χ2v) is 15.9. The number of para-hydroxylation sites is 1. The number of benzene rings is 3. The van der Waals surface area contributed by atoms with Crippen molar-refractivity contribution in [2.45, 2.75) is 114 Å². The summed E-state index contributed by atoms with van der Waals surface area (Å²) in [6.45, 7) is 4.91. The third-order valence-electron chi connectivity index (χ3n) is 10.3. The normalized spacial score (nSPS) is 24.6. The van der Waals surface area contributed by atoms with Crippen LogP contribution < -0.4 is 0 Å². The average Bonchev–Trinajstić information content (AvgIpc) is 3.34. The van der Waals surface area contributed by atoms with E-state index in [1.54, 1.807) is 30.3 Å².